The van der Waals surface area contributed by atoms with Crippen molar-refractivity contribution in [3.05, 3.63) is 41.0 Å². The van der Waals surface area contributed by atoms with Gasteiger partial charge in [0.2, 0.25) is 0 Å². The Bertz CT molecular complexity index is 683. The maximum Gasteiger partial charge on any atom is 0.323 e. The number of carbonyl (C=O) groups excluding carboxylic acids is 2. The first-order valence-corrected chi connectivity index (χ1v) is 7.83. The van der Waals surface area contributed by atoms with Crippen LogP contribution in [-0.4, -0.2) is 26.2 Å². The number of methoxy groups -OCH3 is 2. The van der Waals surface area contributed by atoms with Gasteiger partial charge >= 0.3 is 11.9 Å². The molecule has 1 saturated carbocycles. The summed E-state index contributed by atoms with van der Waals surface area (Å²) < 4.78 is 9.89. The monoisotopic (exact) mass is 314 g/mol. The average Bonchev–Trinajstić information content (AvgIpc) is 2.95. The number of hydrogen-bond donors (Lipinski definition) is 0. The average molecular weight is 314 g/mol. The zero-order valence-corrected chi connectivity index (χ0v) is 14.0. The van der Waals surface area contributed by atoms with E-state index in [2.05, 4.69) is 32.1 Å². The van der Waals surface area contributed by atoms with Gasteiger partial charge in [0.05, 0.1) is 14.2 Å². The van der Waals surface area contributed by atoms with Crippen LogP contribution in [0.1, 0.15) is 37.8 Å². The molecule has 1 atom stereocenters. The Morgan fingerprint density at radius 3 is 2.30 bits per heavy atom. The van der Waals surface area contributed by atoms with Crippen molar-refractivity contribution in [3.8, 4) is 0 Å². The summed E-state index contributed by atoms with van der Waals surface area (Å²) in [5.74, 6) is -0.880. The highest BCUT2D eigenvalue weighted by molar-refractivity contribution is 6.01. The third-order valence-corrected chi connectivity index (χ3v) is 5.53. The first-order valence-electron chi connectivity index (χ1n) is 7.83. The highest BCUT2D eigenvalue weighted by Crippen LogP contribution is 2.57. The summed E-state index contributed by atoms with van der Waals surface area (Å²) in [6.45, 7) is 4.35. The lowest BCUT2D eigenvalue weighted by atomic mass is 9.66. The number of ether oxygens (including phenoxy) is 2. The Hall–Kier alpha value is -2.10. The van der Waals surface area contributed by atoms with E-state index >= 15 is 0 Å². The molecule has 0 heterocycles. The number of carbonyl (C=O) groups is 2. The molecule has 0 spiro atoms. The molecule has 0 saturated heterocycles. The maximum atomic E-state index is 12.4. The van der Waals surface area contributed by atoms with Crippen molar-refractivity contribution in [3.63, 3.8) is 0 Å². The molecule has 0 amide bonds. The fourth-order valence-corrected chi connectivity index (χ4v) is 4.28. The van der Waals surface area contributed by atoms with Gasteiger partial charge in [0.15, 0.2) is 5.41 Å². The van der Waals surface area contributed by atoms with Crippen LogP contribution in [-0.2, 0) is 24.5 Å². The van der Waals surface area contributed by atoms with Gasteiger partial charge in [0.1, 0.15) is 0 Å². The summed E-state index contributed by atoms with van der Waals surface area (Å²) in [7, 11) is 2.65. The number of fused-ring (bicyclic) bond motifs is 2. The van der Waals surface area contributed by atoms with Gasteiger partial charge in [-0.15, -0.1) is 0 Å². The summed E-state index contributed by atoms with van der Waals surface area (Å²) in [4.78, 5) is 24.8. The summed E-state index contributed by atoms with van der Waals surface area (Å²) in [5, 5.41) is 0. The van der Waals surface area contributed by atoms with Crippen molar-refractivity contribution in [2.24, 2.45) is 11.3 Å². The number of hydrogen-bond acceptors (Lipinski definition) is 4. The number of esters is 2. The van der Waals surface area contributed by atoms with E-state index in [-0.39, 0.29) is 11.3 Å². The molecule has 0 bridgehead atoms. The molecule has 2 aliphatic rings. The smallest absolute Gasteiger partial charge is 0.323 e. The van der Waals surface area contributed by atoms with Crippen LogP contribution in [0.4, 0.5) is 0 Å². The van der Waals surface area contributed by atoms with Gasteiger partial charge in [0.25, 0.3) is 0 Å². The van der Waals surface area contributed by atoms with E-state index in [0.717, 1.165) is 11.1 Å². The molecule has 122 valence electrons. The molecule has 3 rings (SSSR count). The normalized spacial score (nSPS) is 23.3. The van der Waals surface area contributed by atoms with Crippen LogP contribution in [0, 0.1) is 11.3 Å². The Morgan fingerprint density at radius 2 is 1.70 bits per heavy atom. The molecule has 4 nitrogen and oxygen atoms in total. The molecule has 1 aromatic rings. The highest BCUT2D eigenvalue weighted by atomic mass is 16.5. The first kappa shape index (κ1) is 15.8. The van der Waals surface area contributed by atoms with Gasteiger partial charge in [0, 0.05) is 0 Å². The number of rotatable bonds is 2. The fourth-order valence-electron chi connectivity index (χ4n) is 4.28. The van der Waals surface area contributed by atoms with E-state index < -0.39 is 17.4 Å². The van der Waals surface area contributed by atoms with Crippen LogP contribution in [0.25, 0.3) is 6.08 Å². The zero-order valence-electron chi connectivity index (χ0n) is 14.0. The minimum Gasteiger partial charge on any atom is -0.468 e. The molecule has 4 heteroatoms. The van der Waals surface area contributed by atoms with Crippen molar-refractivity contribution in [2.75, 3.05) is 14.2 Å². The first-order chi connectivity index (χ1) is 10.9. The lowest BCUT2D eigenvalue weighted by molar-refractivity contribution is -0.168. The largest absolute Gasteiger partial charge is 0.468 e. The van der Waals surface area contributed by atoms with Crippen molar-refractivity contribution in [2.45, 2.75) is 32.1 Å². The van der Waals surface area contributed by atoms with E-state index in [1.807, 2.05) is 12.1 Å². The van der Waals surface area contributed by atoms with E-state index in [1.165, 1.54) is 19.8 Å². The van der Waals surface area contributed by atoms with Gasteiger partial charge in [-0.05, 0) is 35.3 Å². The third kappa shape index (κ3) is 2.12. The minimum absolute atomic E-state index is 0.121. The van der Waals surface area contributed by atoms with Crippen LogP contribution in [0.2, 0.25) is 0 Å². The predicted octanol–water partition coefficient (Wildman–Crippen LogP) is 3.10. The molecular formula is C19H22O4. The molecule has 0 radical (unpaired) electrons. The SMILES string of the molecule is COC(=O)C1(C(=O)OC)CC2=Cc3ccccc3C(C)(C)C2C1. The summed E-state index contributed by atoms with van der Waals surface area (Å²) in [6.07, 6.45) is 2.92. The lowest BCUT2D eigenvalue weighted by Gasteiger charge is -2.38. The molecule has 1 aromatic carbocycles. The quantitative estimate of drug-likeness (QED) is 0.622. The zero-order chi connectivity index (χ0) is 16.8. The molecule has 0 aromatic heterocycles. The van der Waals surface area contributed by atoms with Gasteiger partial charge in [-0.1, -0.05) is 49.8 Å². The summed E-state index contributed by atoms with van der Waals surface area (Å²) in [6, 6.07) is 8.24. The minimum atomic E-state index is -1.22. The van der Waals surface area contributed by atoms with E-state index in [1.54, 1.807) is 0 Å². The summed E-state index contributed by atoms with van der Waals surface area (Å²) in [5.41, 5.74) is 2.17. The van der Waals surface area contributed by atoms with Crippen LogP contribution < -0.4 is 0 Å². The molecule has 0 N–H and O–H groups in total. The molecule has 1 unspecified atom stereocenters. The van der Waals surface area contributed by atoms with E-state index in [9.17, 15) is 9.59 Å². The van der Waals surface area contributed by atoms with Crippen molar-refractivity contribution >= 4 is 18.0 Å². The Balaban J connectivity index is 2.11. The Morgan fingerprint density at radius 1 is 1.09 bits per heavy atom. The van der Waals surface area contributed by atoms with E-state index in [0.29, 0.717) is 12.8 Å². The Labute approximate surface area is 136 Å². The topological polar surface area (TPSA) is 52.6 Å². The molecule has 1 fully saturated rings. The number of allylic oxidation sites excluding steroid dienone is 1. The van der Waals surface area contributed by atoms with Crippen molar-refractivity contribution < 1.29 is 19.1 Å². The third-order valence-electron chi connectivity index (χ3n) is 5.53. The van der Waals surface area contributed by atoms with Gasteiger partial charge in [-0.3, -0.25) is 9.59 Å². The Kier molecular flexibility index (Phi) is 3.58. The van der Waals surface area contributed by atoms with E-state index in [4.69, 9.17) is 9.47 Å². The van der Waals surface area contributed by atoms with Gasteiger partial charge in [-0.25, -0.2) is 0 Å². The van der Waals surface area contributed by atoms with Crippen molar-refractivity contribution in [1.82, 2.24) is 0 Å². The van der Waals surface area contributed by atoms with Crippen LogP contribution in [0.3, 0.4) is 0 Å². The lowest BCUT2D eigenvalue weighted by Crippen LogP contribution is -2.40. The second kappa shape index (κ2) is 5.22. The second-order valence-corrected chi connectivity index (χ2v) is 7.03. The van der Waals surface area contributed by atoms with Gasteiger partial charge < -0.3 is 9.47 Å². The molecular weight excluding hydrogens is 292 g/mol. The van der Waals surface area contributed by atoms with Crippen LogP contribution in [0.15, 0.2) is 29.8 Å². The second-order valence-electron chi connectivity index (χ2n) is 7.03. The molecule has 23 heavy (non-hydrogen) atoms. The maximum absolute atomic E-state index is 12.4. The number of benzene rings is 1. The molecule has 2 aliphatic carbocycles. The van der Waals surface area contributed by atoms with Gasteiger partial charge in [-0.2, -0.15) is 0 Å². The van der Waals surface area contributed by atoms with Crippen LogP contribution >= 0.6 is 0 Å². The fraction of sp³-hybridized carbons (Fsp3) is 0.474. The summed E-state index contributed by atoms with van der Waals surface area (Å²) >= 11 is 0. The predicted molar refractivity (Wildman–Crippen MR) is 86.6 cm³/mol. The highest BCUT2D eigenvalue weighted by Gasteiger charge is 2.59. The van der Waals surface area contributed by atoms with Crippen molar-refractivity contribution in [1.29, 1.82) is 0 Å². The van der Waals surface area contributed by atoms with Crippen LogP contribution in [0.5, 0.6) is 0 Å². The molecule has 0 aliphatic heterocycles. The standard InChI is InChI=1S/C19H22O4/c1-18(2)14-8-6-5-7-12(14)9-13-10-19(11-15(13)18,16(20)22-3)17(21)23-4/h5-9,15H,10-11H2,1-4H3.